The highest BCUT2D eigenvalue weighted by Gasteiger charge is 2.07. The Morgan fingerprint density at radius 1 is 1.21 bits per heavy atom. The first-order chi connectivity index (χ1) is 11.6. The molecule has 5 heteroatoms. The Bertz CT molecular complexity index is 656. The second-order valence-corrected chi connectivity index (χ2v) is 5.68. The number of nitrogens with one attached hydrogen (secondary N) is 2. The minimum absolute atomic E-state index is 0.156. The monoisotopic (exact) mass is 328 g/mol. The molecular formula is C19H24N2O3. The number of carbonyl (C=O) groups excluding carboxylic acids is 1. The SMILES string of the molecule is COc1ccc(C(=O)Nc2cccc(CNC(C)CCO)c2)cc1. The molecule has 0 radical (unpaired) electrons. The Morgan fingerprint density at radius 2 is 1.96 bits per heavy atom. The normalized spacial score (nSPS) is 11.8. The van der Waals surface area contributed by atoms with Crippen molar-refractivity contribution in [1.29, 1.82) is 0 Å². The third-order valence-corrected chi connectivity index (χ3v) is 3.75. The number of aliphatic hydroxyl groups is 1. The second-order valence-electron chi connectivity index (χ2n) is 5.68. The van der Waals surface area contributed by atoms with E-state index >= 15 is 0 Å². The van der Waals surface area contributed by atoms with Crippen LogP contribution in [0.2, 0.25) is 0 Å². The molecular weight excluding hydrogens is 304 g/mol. The Balaban J connectivity index is 1.96. The molecule has 0 aliphatic heterocycles. The van der Waals surface area contributed by atoms with Gasteiger partial charge in [-0.05, 0) is 55.3 Å². The van der Waals surface area contributed by atoms with E-state index in [4.69, 9.17) is 9.84 Å². The highest BCUT2D eigenvalue weighted by atomic mass is 16.5. The van der Waals surface area contributed by atoms with Crippen molar-refractivity contribution in [2.75, 3.05) is 19.0 Å². The van der Waals surface area contributed by atoms with E-state index in [2.05, 4.69) is 10.6 Å². The molecule has 0 saturated carbocycles. The zero-order valence-corrected chi connectivity index (χ0v) is 14.1. The molecule has 0 aliphatic rings. The molecule has 128 valence electrons. The summed E-state index contributed by atoms with van der Waals surface area (Å²) in [6.45, 7) is 2.89. The van der Waals surface area contributed by atoms with Crippen molar-refractivity contribution in [2.45, 2.75) is 25.9 Å². The first-order valence-corrected chi connectivity index (χ1v) is 8.01. The molecule has 3 N–H and O–H groups in total. The van der Waals surface area contributed by atoms with Gasteiger partial charge in [-0.15, -0.1) is 0 Å². The van der Waals surface area contributed by atoms with Crippen molar-refractivity contribution in [3.8, 4) is 5.75 Å². The van der Waals surface area contributed by atoms with Crippen LogP contribution in [-0.2, 0) is 6.54 Å². The summed E-state index contributed by atoms with van der Waals surface area (Å²) in [6, 6.07) is 15.0. The minimum Gasteiger partial charge on any atom is -0.497 e. The highest BCUT2D eigenvalue weighted by molar-refractivity contribution is 6.04. The lowest BCUT2D eigenvalue weighted by Crippen LogP contribution is -2.26. The number of ether oxygens (including phenoxy) is 1. The lowest BCUT2D eigenvalue weighted by atomic mass is 10.1. The number of hydrogen-bond acceptors (Lipinski definition) is 4. The van der Waals surface area contributed by atoms with Gasteiger partial charge in [0.05, 0.1) is 7.11 Å². The van der Waals surface area contributed by atoms with E-state index in [1.165, 1.54) is 0 Å². The van der Waals surface area contributed by atoms with Crippen molar-refractivity contribution in [2.24, 2.45) is 0 Å². The van der Waals surface area contributed by atoms with Crippen LogP contribution in [0.25, 0.3) is 0 Å². The van der Waals surface area contributed by atoms with Gasteiger partial charge >= 0.3 is 0 Å². The molecule has 0 heterocycles. The molecule has 24 heavy (non-hydrogen) atoms. The molecule has 0 bridgehead atoms. The molecule has 1 atom stereocenters. The molecule has 0 saturated heterocycles. The fourth-order valence-corrected chi connectivity index (χ4v) is 2.29. The van der Waals surface area contributed by atoms with Gasteiger partial charge in [0, 0.05) is 30.4 Å². The molecule has 0 aromatic heterocycles. The van der Waals surface area contributed by atoms with Crippen LogP contribution in [0.3, 0.4) is 0 Å². The largest absolute Gasteiger partial charge is 0.497 e. The van der Waals surface area contributed by atoms with E-state index in [0.717, 1.165) is 17.0 Å². The number of rotatable bonds is 8. The predicted molar refractivity (Wildman–Crippen MR) is 95.4 cm³/mol. The Hall–Kier alpha value is -2.37. The number of benzene rings is 2. The Kier molecular flexibility index (Phi) is 6.78. The Morgan fingerprint density at radius 3 is 2.62 bits per heavy atom. The quantitative estimate of drug-likeness (QED) is 0.697. The number of carbonyl (C=O) groups is 1. The van der Waals surface area contributed by atoms with Crippen molar-refractivity contribution in [3.63, 3.8) is 0 Å². The number of amides is 1. The minimum atomic E-state index is -0.156. The van der Waals surface area contributed by atoms with E-state index in [1.54, 1.807) is 31.4 Å². The van der Waals surface area contributed by atoms with E-state index in [1.807, 2.05) is 31.2 Å². The summed E-state index contributed by atoms with van der Waals surface area (Å²) >= 11 is 0. The van der Waals surface area contributed by atoms with Crippen molar-refractivity contribution in [3.05, 3.63) is 59.7 Å². The van der Waals surface area contributed by atoms with Gasteiger partial charge < -0.3 is 20.5 Å². The van der Waals surface area contributed by atoms with E-state index in [0.29, 0.717) is 18.5 Å². The van der Waals surface area contributed by atoms with Gasteiger partial charge in [-0.1, -0.05) is 12.1 Å². The summed E-state index contributed by atoms with van der Waals surface area (Å²) in [5.74, 6) is 0.563. The highest BCUT2D eigenvalue weighted by Crippen LogP contribution is 2.15. The molecule has 0 fully saturated rings. The van der Waals surface area contributed by atoms with Crippen LogP contribution >= 0.6 is 0 Å². The summed E-state index contributed by atoms with van der Waals surface area (Å²) in [4.78, 5) is 12.3. The maximum atomic E-state index is 12.3. The number of methoxy groups -OCH3 is 1. The summed E-state index contributed by atoms with van der Waals surface area (Å²) < 4.78 is 5.09. The first kappa shape index (κ1) is 18.0. The first-order valence-electron chi connectivity index (χ1n) is 8.01. The second kappa shape index (κ2) is 9.05. The van der Waals surface area contributed by atoms with Crippen LogP contribution in [-0.4, -0.2) is 30.8 Å². The predicted octanol–water partition coefficient (Wildman–Crippen LogP) is 2.81. The number of hydrogen-bond donors (Lipinski definition) is 3. The van der Waals surface area contributed by atoms with Gasteiger partial charge in [0.25, 0.3) is 5.91 Å². The van der Waals surface area contributed by atoms with E-state index in [-0.39, 0.29) is 18.6 Å². The maximum absolute atomic E-state index is 12.3. The molecule has 5 nitrogen and oxygen atoms in total. The lowest BCUT2D eigenvalue weighted by Gasteiger charge is -2.13. The summed E-state index contributed by atoms with van der Waals surface area (Å²) in [6.07, 6.45) is 0.716. The van der Waals surface area contributed by atoms with Crippen LogP contribution < -0.4 is 15.4 Å². The van der Waals surface area contributed by atoms with Crippen molar-refractivity contribution in [1.82, 2.24) is 5.32 Å². The van der Waals surface area contributed by atoms with Gasteiger partial charge in [-0.25, -0.2) is 0 Å². The molecule has 1 unspecified atom stereocenters. The van der Waals surface area contributed by atoms with Crippen LogP contribution in [0.4, 0.5) is 5.69 Å². The molecule has 2 rings (SSSR count). The summed E-state index contributed by atoms with van der Waals surface area (Å²) in [5.41, 5.74) is 2.41. The zero-order valence-electron chi connectivity index (χ0n) is 14.1. The third-order valence-electron chi connectivity index (χ3n) is 3.75. The van der Waals surface area contributed by atoms with Gasteiger partial charge in [0.15, 0.2) is 0 Å². The van der Waals surface area contributed by atoms with E-state index in [9.17, 15) is 4.79 Å². The molecule has 2 aromatic rings. The third kappa shape index (κ3) is 5.37. The summed E-state index contributed by atoms with van der Waals surface area (Å²) in [5, 5.41) is 15.2. The zero-order chi connectivity index (χ0) is 17.4. The fraction of sp³-hybridized carbons (Fsp3) is 0.316. The maximum Gasteiger partial charge on any atom is 0.255 e. The van der Waals surface area contributed by atoms with E-state index < -0.39 is 0 Å². The standard InChI is InChI=1S/C19H24N2O3/c1-14(10-11-22)20-13-15-4-3-5-17(12-15)21-19(23)16-6-8-18(24-2)9-7-16/h3-9,12,14,20,22H,10-11,13H2,1-2H3,(H,21,23). The van der Waals surface area contributed by atoms with Gasteiger partial charge in [-0.2, -0.15) is 0 Å². The molecule has 0 spiro atoms. The van der Waals surface area contributed by atoms with Gasteiger partial charge in [0.2, 0.25) is 0 Å². The van der Waals surface area contributed by atoms with Crippen molar-refractivity contribution < 1.29 is 14.6 Å². The van der Waals surface area contributed by atoms with Crippen LogP contribution in [0.15, 0.2) is 48.5 Å². The average Bonchev–Trinajstić information content (AvgIpc) is 2.60. The van der Waals surface area contributed by atoms with Crippen LogP contribution in [0, 0.1) is 0 Å². The van der Waals surface area contributed by atoms with Crippen LogP contribution in [0.5, 0.6) is 5.75 Å². The average molecular weight is 328 g/mol. The van der Waals surface area contributed by atoms with Crippen molar-refractivity contribution >= 4 is 11.6 Å². The topological polar surface area (TPSA) is 70.6 Å². The fourth-order valence-electron chi connectivity index (χ4n) is 2.29. The summed E-state index contributed by atoms with van der Waals surface area (Å²) in [7, 11) is 1.59. The van der Waals surface area contributed by atoms with Gasteiger partial charge in [-0.3, -0.25) is 4.79 Å². The van der Waals surface area contributed by atoms with Crippen LogP contribution in [0.1, 0.15) is 29.3 Å². The molecule has 2 aromatic carbocycles. The lowest BCUT2D eigenvalue weighted by molar-refractivity contribution is 0.102. The Labute approximate surface area is 142 Å². The van der Waals surface area contributed by atoms with Gasteiger partial charge in [0.1, 0.15) is 5.75 Å². The number of anilines is 1. The molecule has 1 amide bonds. The number of aliphatic hydroxyl groups excluding tert-OH is 1. The smallest absolute Gasteiger partial charge is 0.255 e. The molecule has 0 aliphatic carbocycles.